The van der Waals surface area contributed by atoms with Gasteiger partial charge in [-0.2, -0.15) is 0 Å². The third kappa shape index (κ3) is 3.72. The molecule has 2 rings (SSSR count). The third-order valence-corrected chi connectivity index (χ3v) is 4.94. The molecule has 0 aromatic carbocycles. The average Bonchev–Trinajstić information content (AvgIpc) is 2.89. The van der Waals surface area contributed by atoms with Crippen molar-refractivity contribution >= 4 is 12.0 Å². The molecule has 3 unspecified atom stereocenters. The molecule has 2 aliphatic heterocycles. The topological polar surface area (TPSA) is 78.9 Å². The number of nitrogens with one attached hydrogen (secondary N) is 1. The van der Waals surface area contributed by atoms with Crippen LogP contribution in [-0.2, 0) is 9.53 Å². The zero-order valence-corrected chi connectivity index (χ0v) is 13.8. The van der Waals surface area contributed by atoms with Crippen LogP contribution in [-0.4, -0.2) is 54.4 Å². The Labute approximate surface area is 132 Å². The molecule has 2 amide bonds. The van der Waals surface area contributed by atoms with Crippen LogP contribution >= 0.6 is 0 Å². The summed E-state index contributed by atoms with van der Waals surface area (Å²) < 4.78 is 5.83. The highest BCUT2D eigenvalue weighted by atomic mass is 16.5. The van der Waals surface area contributed by atoms with Crippen LogP contribution in [0.5, 0.6) is 0 Å². The van der Waals surface area contributed by atoms with E-state index >= 15 is 0 Å². The summed E-state index contributed by atoms with van der Waals surface area (Å²) in [6.07, 6.45) is 2.80. The van der Waals surface area contributed by atoms with Gasteiger partial charge in [-0.05, 0) is 32.1 Å². The predicted molar refractivity (Wildman–Crippen MR) is 82.6 cm³/mol. The van der Waals surface area contributed by atoms with Crippen molar-refractivity contribution in [1.82, 2.24) is 10.2 Å². The molecule has 2 N–H and O–H groups in total. The van der Waals surface area contributed by atoms with Crippen LogP contribution in [0.1, 0.15) is 40.0 Å². The molecule has 22 heavy (non-hydrogen) atoms. The van der Waals surface area contributed by atoms with Crippen LogP contribution < -0.4 is 5.32 Å². The maximum Gasteiger partial charge on any atom is 0.317 e. The zero-order chi connectivity index (χ0) is 16.3. The molecule has 2 aliphatic rings. The number of amides is 2. The normalized spacial score (nSPS) is 32.3. The van der Waals surface area contributed by atoms with E-state index in [0.29, 0.717) is 31.3 Å². The van der Waals surface area contributed by atoms with E-state index in [2.05, 4.69) is 19.2 Å². The summed E-state index contributed by atoms with van der Waals surface area (Å²) in [6.45, 7) is 8.17. The molecular weight excluding hydrogens is 284 g/mol. The summed E-state index contributed by atoms with van der Waals surface area (Å²) in [5.74, 6) is -0.0567. The standard InChI is InChI=1S/C16H28N2O4/c1-11(2)13-12(5-4-8-22-13)9-17-15(21)18-7-6-16(3,10-18)14(19)20/h11-13H,4-10H2,1-3H3,(H,17,21)(H,19,20). The smallest absolute Gasteiger partial charge is 0.317 e. The fraction of sp³-hybridized carbons (Fsp3) is 0.875. The van der Waals surface area contributed by atoms with Gasteiger partial charge in [0.25, 0.3) is 0 Å². The molecule has 0 aliphatic carbocycles. The number of ether oxygens (including phenoxy) is 1. The summed E-state index contributed by atoms with van der Waals surface area (Å²) >= 11 is 0. The largest absolute Gasteiger partial charge is 0.481 e. The van der Waals surface area contributed by atoms with Crippen molar-refractivity contribution < 1.29 is 19.4 Å². The van der Waals surface area contributed by atoms with Crippen molar-refractivity contribution in [2.75, 3.05) is 26.2 Å². The number of urea groups is 1. The molecule has 0 saturated carbocycles. The number of carboxylic acid groups (broad SMARTS) is 1. The van der Waals surface area contributed by atoms with E-state index in [-0.39, 0.29) is 18.7 Å². The van der Waals surface area contributed by atoms with E-state index in [1.807, 2.05) is 0 Å². The average molecular weight is 312 g/mol. The van der Waals surface area contributed by atoms with Gasteiger partial charge in [0, 0.05) is 32.2 Å². The van der Waals surface area contributed by atoms with Crippen LogP contribution in [0.25, 0.3) is 0 Å². The molecule has 2 saturated heterocycles. The van der Waals surface area contributed by atoms with E-state index in [1.54, 1.807) is 11.8 Å². The highest BCUT2D eigenvalue weighted by Gasteiger charge is 2.42. The van der Waals surface area contributed by atoms with Crippen molar-refractivity contribution in [1.29, 1.82) is 0 Å². The Morgan fingerprint density at radius 2 is 2.18 bits per heavy atom. The molecule has 6 heteroatoms. The maximum atomic E-state index is 12.3. The monoisotopic (exact) mass is 312 g/mol. The van der Waals surface area contributed by atoms with E-state index in [0.717, 1.165) is 19.4 Å². The fourth-order valence-electron chi connectivity index (χ4n) is 3.46. The summed E-state index contributed by atoms with van der Waals surface area (Å²) in [5, 5.41) is 12.2. The first-order valence-corrected chi connectivity index (χ1v) is 8.21. The van der Waals surface area contributed by atoms with Crippen LogP contribution in [0.15, 0.2) is 0 Å². The second-order valence-corrected chi connectivity index (χ2v) is 7.21. The Bertz CT molecular complexity index is 426. The van der Waals surface area contributed by atoms with Gasteiger partial charge in [-0.3, -0.25) is 4.79 Å². The molecule has 3 atom stereocenters. The number of likely N-dealkylation sites (tertiary alicyclic amines) is 1. The summed E-state index contributed by atoms with van der Waals surface area (Å²) in [6, 6.07) is -0.155. The first-order chi connectivity index (χ1) is 10.3. The quantitative estimate of drug-likeness (QED) is 0.831. The predicted octanol–water partition coefficient (Wildman–Crippen LogP) is 1.94. The van der Waals surface area contributed by atoms with Gasteiger partial charge in [0.05, 0.1) is 11.5 Å². The van der Waals surface area contributed by atoms with E-state index in [4.69, 9.17) is 4.74 Å². The molecule has 2 heterocycles. The highest BCUT2D eigenvalue weighted by Crippen LogP contribution is 2.30. The van der Waals surface area contributed by atoms with Crippen LogP contribution in [0, 0.1) is 17.3 Å². The summed E-state index contributed by atoms with van der Waals surface area (Å²) in [7, 11) is 0. The lowest BCUT2D eigenvalue weighted by Gasteiger charge is -2.35. The van der Waals surface area contributed by atoms with E-state index < -0.39 is 11.4 Å². The lowest BCUT2D eigenvalue weighted by atomic mass is 9.87. The SMILES string of the molecule is CC(C)C1OCCCC1CNC(=O)N1CCC(C)(C(=O)O)C1. The fourth-order valence-corrected chi connectivity index (χ4v) is 3.46. The second kappa shape index (κ2) is 6.86. The molecule has 0 spiro atoms. The number of hydrogen-bond acceptors (Lipinski definition) is 3. The number of rotatable bonds is 4. The Balaban J connectivity index is 1.84. The van der Waals surface area contributed by atoms with Crippen molar-refractivity contribution in [3.63, 3.8) is 0 Å². The minimum absolute atomic E-state index is 0.155. The first-order valence-electron chi connectivity index (χ1n) is 8.21. The molecule has 0 aromatic heterocycles. The first kappa shape index (κ1) is 17.1. The Hall–Kier alpha value is -1.30. The van der Waals surface area contributed by atoms with Gasteiger partial charge in [-0.15, -0.1) is 0 Å². The van der Waals surface area contributed by atoms with Gasteiger partial charge in [-0.25, -0.2) is 4.79 Å². The van der Waals surface area contributed by atoms with Crippen molar-refractivity contribution in [3.05, 3.63) is 0 Å². The lowest BCUT2D eigenvalue weighted by molar-refractivity contribution is -0.147. The molecule has 126 valence electrons. The number of hydrogen-bond donors (Lipinski definition) is 2. The van der Waals surface area contributed by atoms with E-state index in [1.165, 1.54) is 0 Å². The molecule has 0 aromatic rings. The number of aliphatic carboxylic acids is 1. The number of carbonyl (C=O) groups excluding carboxylic acids is 1. The van der Waals surface area contributed by atoms with Crippen molar-refractivity contribution in [2.45, 2.75) is 46.1 Å². The molecule has 6 nitrogen and oxygen atoms in total. The summed E-state index contributed by atoms with van der Waals surface area (Å²) in [4.78, 5) is 25.1. The Morgan fingerprint density at radius 3 is 2.77 bits per heavy atom. The molecule has 2 fully saturated rings. The van der Waals surface area contributed by atoms with Crippen LogP contribution in [0.4, 0.5) is 4.79 Å². The van der Waals surface area contributed by atoms with Gasteiger partial charge >= 0.3 is 12.0 Å². The van der Waals surface area contributed by atoms with Gasteiger partial charge in [-0.1, -0.05) is 13.8 Å². The van der Waals surface area contributed by atoms with Gasteiger partial charge in [0.1, 0.15) is 0 Å². The van der Waals surface area contributed by atoms with Gasteiger partial charge < -0.3 is 20.1 Å². The molecule has 0 bridgehead atoms. The maximum absolute atomic E-state index is 12.3. The van der Waals surface area contributed by atoms with E-state index in [9.17, 15) is 14.7 Å². The lowest BCUT2D eigenvalue weighted by Crippen LogP contribution is -2.46. The minimum Gasteiger partial charge on any atom is -0.481 e. The third-order valence-electron chi connectivity index (χ3n) is 4.94. The van der Waals surface area contributed by atoms with Gasteiger partial charge in [0.2, 0.25) is 0 Å². The second-order valence-electron chi connectivity index (χ2n) is 7.21. The number of carbonyl (C=O) groups is 2. The van der Waals surface area contributed by atoms with Gasteiger partial charge in [0.15, 0.2) is 0 Å². The number of carboxylic acids is 1. The Kier molecular flexibility index (Phi) is 5.32. The molecular formula is C16H28N2O4. The minimum atomic E-state index is -0.830. The van der Waals surface area contributed by atoms with Crippen molar-refractivity contribution in [2.24, 2.45) is 17.3 Å². The highest BCUT2D eigenvalue weighted by molar-refractivity contribution is 5.79. The zero-order valence-electron chi connectivity index (χ0n) is 13.8. The Morgan fingerprint density at radius 1 is 1.45 bits per heavy atom. The van der Waals surface area contributed by atoms with Crippen molar-refractivity contribution in [3.8, 4) is 0 Å². The molecule has 0 radical (unpaired) electrons. The van der Waals surface area contributed by atoms with Crippen LogP contribution in [0.3, 0.4) is 0 Å². The van der Waals surface area contributed by atoms with Crippen LogP contribution in [0.2, 0.25) is 0 Å². The summed E-state index contributed by atoms with van der Waals surface area (Å²) in [5.41, 5.74) is -0.814. The number of nitrogens with zero attached hydrogens (tertiary/aromatic N) is 1.